The molecular formula is C27H19N3O5. The van der Waals surface area contributed by atoms with E-state index in [0.717, 1.165) is 21.7 Å². The summed E-state index contributed by atoms with van der Waals surface area (Å²) in [5, 5.41) is 17.8. The molecule has 0 fully saturated rings. The van der Waals surface area contributed by atoms with Crippen LogP contribution in [0, 0.1) is 10.1 Å². The summed E-state index contributed by atoms with van der Waals surface area (Å²) < 4.78 is 11.6. The number of hydrazone groups is 1. The zero-order valence-electron chi connectivity index (χ0n) is 18.4. The van der Waals surface area contributed by atoms with Crippen LogP contribution >= 0.6 is 0 Å². The second-order valence-corrected chi connectivity index (χ2v) is 7.76. The van der Waals surface area contributed by atoms with Gasteiger partial charge in [0.2, 0.25) is 0 Å². The average molecular weight is 465 g/mol. The number of amides is 1. The highest BCUT2D eigenvalue weighted by Gasteiger charge is 2.13. The van der Waals surface area contributed by atoms with Gasteiger partial charge >= 0.3 is 5.91 Å². The van der Waals surface area contributed by atoms with E-state index in [2.05, 4.69) is 10.5 Å². The van der Waals surface area contributed by atoms with E-state index in [9.17, 15) is 14.9 Å². The molecule has 0 unspecified atom stereocenters. The molecule has 1 N–H and O–H groups in total. The number of hydrogen-bond acceptors (Lipinski definition) is 6. The topological polar surface area (TPSA) is 107 Å². The number of carbonyl (C=O) groups is 1. The minimum Gasteiger partial charge on any atom is -0.488 e. The maximum Gasteiger partial charge on any atom is 0.307 e. The van der Waals surface area contributed by atoms with Crippen LogP contribution in [0.25, 0.3) is 21.7 Å². The minimum absolute atomic E-state index is 0.0228. The number of para-hydroxylation sites is 1. The van der Waals surface area contributed by atoms with Crippen molar-refractivity contribution in [3.05, 3.63) is 118 Å². The lowest BCUT2D eigenvalue weighted by molar-refractivity contribution is -0.384. The van der Waals surface area contributed by atoms with E-state index in [1.165, 1.54) is 18.3 Å². The third-order valence-electron chi connectivity index (χ3n) is 5.48. The number of ether oxygens (including phenoxy) is 1. The van der Waals surface area contributed by atoms with Crippen molar-refractivity contribution in [2.75, 3.05) is 0 Å². The van der Waals surface area contributed by atoms with E-state index in [0.29, 0.717) is 16.9 Å². The Morgan fingerprint density at radius 3 is 2.57 bits per heavy atom. The van der Waals surface area contributed by atoms with Crippen LogP contribution in [0.5, 0.6) is 5.75 Å². The number of benzene rings is 4. The van der Waals surface area contributed by atoms with Crippen molar-refractivity contribution in [2.45, 2.75) is 6.61 Å². The number of rotatable bonds is 7. The SMILES string of the molecule is O=C(N/N=C\c1ccccc1OCc1ccc([N+](=O)[O-])cc1)c1cc2c(ccc3ccccc32)o1. The third kappa shape index (κ3) is 4.72. The fourth-order valence-corrected chi connectivity index (χ4v) is 3.71. The predicted octanol–water partition coefficient (Wildman–Crippen LogP) is 5.84. The van der Waals surface area contributed by atoms with Gasteiger partial charge in [0.05, 0.1) is 11.1 Å². The summed E-state index contributed by atoms with van der Waals surface area (Å²) >= 11 is 0. The number of carbonyl (C=O) groups excluding carboxylic acids is 1. The highest BCUT2D eigenvalue weighted by atomic mass is 16.6. The maximum atomic E-state index is 12.6. The largest absolute Gasteiger partial charge is 0.488 e. The second kappa shape index (κ2) is 9.48. The first-order chi connectivity index (χ1) is 17.1. The first kappa shape index (κ1) is 21.8. The first-order valence-electron chi connectivity index (χ1n) is 10.8. The monoisotopic (exact) mass is 465 g/mol. The van der Waals surface area contributed by atoms with Gasteiger partial charge in [-0.05, 0) is 52.7 Å². The summed E-state index contributed by atoms with van der Waals surface area (Å²) in [6, 6.07) is 26.8. The number of non-ortho nitro benzene ring substituents is 1. The fraction of sp³-hybridized carbons (Fsp3) is 0.0370. The molecule has 8 nitrogen and oxygen atoms in total. The maximum absolute atomic E-state index is 12.6. The molecule has 0 saturated carbocycles. The molecule has 0 atom stereocenters. The Morgan fingerprint density at radius 2 is 1.74 bits per heavy atom. The summed E-state index contributed by atoms with van der Waals surface area (Å²) in [6.07, 6.45) is 1.49. The minimum atomic E-state index is -0.467. The lowest BCUT2D eigenvalue weighted by Crippen LogP contribution is -2.16. The number of nitro groups is 1. The Kier molecular flexibility index (Phi) is 5.92. The Bertz CT molecular complexity index is 1570. The number of furan rings is 1. The molecule has 1 aromatic heterocycles. The standard InChI is InChI=1S/C27H19N3O5/c31-27(26-15-23-22-7-3-1-5-19(22)11-14-25(23)35-26)29-28-16-20-6-2-4-8-24(20)34-17-18-9-12-21(13-10-18)30(32)33/h1-16H,17H2,(H,29,31)/b28-16-. The van der Waals surface area contributed by atoms with Gasteiger partial charge in [-0.2, -0.15) is 5.10 Å². The summed E-state index contributed by atoms with van der Waals surface area (Å²) in [7, 11) is 0. The number of fused-ring (bicyclic) bond motifs is 3. The average Bonchev–Trinajstić information content (AvgIpc) is 3.33. The van der Waals surface area contributed by atoms with Crippen LogP contribution in [0.1, 0.15) is 21.7 Å². The second-order valence-electron chi connectivity index (χ2n) is 7.76. The van der Waals surface area contributed by atoms with Crippen molar-refractivity contribution in [3.8, 4) is 5.75 Å². The van der Waals surface area contributed by atoms with Crippen molar-refractivity contribution in [1.29, 1.82) is 0 Å². The summed E-state index contributed by atoms with van der Waals surface area (Å²) in [4.78, 5) is 23.0. The van der Waals surface area contributed by atoms with Crippen molar-refractivity contribution >= 4 is 39.6 Å². The molecule has 35 heavy (non-hydrogen) atoms. The molecule has 172 valence electrons. The third-order valence-corrected chi connectivity index (χ3v) is 5.48. The molecule has 0 radical (unpaired) electrons. The molecule has 1 heterocycles. The van der Waals surface area contributed by atoms with E-state index in [1.807, 2.05) is 48.5 Å². The molecule has 0 saturated heterocycles. The molecule has 5 rings (SSSR count). The Balaban J connectivity index is 1.27. The van der Waals surface area contributed by atoms with E-state index in [-0.39, 0.29) is 18.1 Å². The number of nitro benzene ring substituents is 1. The molecular weight excluding hydrogens is 446 g/mol. The number of hydrogen-bond donors (Lipinski definition) is 1. The highest BCUT2D eigenvalue weighted by Crippen LogP contribution is 2.28. The predicted molar refractivity (Wildman–Crippen MR) is 133 cm³/mol. The lowest BCUT2D eigenvalue weighted by atomic mass is 10.1. The van der Waals surface area contributed by atoms with Crippen LogP contribution in [0.3, 0.4) is 0 Å². The zero-order chi connectivity index (χ0) is 24.2. The Labute approximate surface area is 199 Å². The van der Waals surface area contributed by atoms with E-state index >= 15 is 0 Å². The molecule has 1 amide bonds. The zero-order valence-corrected chi connectivity index (χ0v) is 18.4. The molecule has 0 aliphatic rings. The smallest absolute Gasteiger partial charge is 0.307 e. The first-order valence-corrected chi connectivity index (χ1v) is 10.8. The van der Waals surface area contributed by atoms with Crippen LogP contribution in [-0.2, 0) is 6.61 Å². The van der Waals surface area contributed by atoms with Crippen LogP contribution in [0.2, 0.25) is 0 Å². The number of nitrogens with zero attached hydrogens (tertiary/aromatic N) is 2. The molecule has 5 aromatic rings. The van der Waals surface area contributed by atoms with Crippen LogP contribution in [0.4, 0.5) is 5.69 Å². The van der Waals surface area contributed by atoms with Gasteiger partial charge in [-0.3, -0.25) is 14.9 Å². The highest BCUT2D eigenvalue weighted by molar-refractivity contribution is 6.08. The van der Waals surface area contributed by atoms with Gasteiger partial charge in [0.25, 0.3) is 5.69 Å². The van der Waals surface area contributed by atoms with Crippen LogP contribution in [0.15, 0.2) is 101 Å². The quantitative estimate of drug-likeness (QED) is 0.185. The summed E-state index contributed by atoms with van der Waals surface area (Å²) in [5.41, 5.74) is 4.59. The molecule has 8 heteroatoms. The molecule has 0 aliphatic heterocycles. The van der Waals surface area contributed by atoms with E-state index in [4.69, 9.17) is 9.15 Å². The van der Waals surface area contributed by atoms with Crippen molar-refractivity contribution < 1.29 is 18.9 Å². The van der Waals surface area contributed by atoms with E-state index in [1.54, 1.807) is 30.3 Å². The molecule has 0 aliphatic carbocycles. The lowest BCUT2D eigenvalue weighted by Gasteiger charge is -2.09. The summed E-state index contributed by atoms with van der Waals surface area (Å²) in [5.74, 6) is 0.251. The van der Waals surface area contributed by atoms with Crippen molar-refractivity contribution in [2.24, 2.45) is 5.10 Å². The van der Waals surface area contributed by atoms with Crippen molar-refractivity contribution in [3.63, 3.8) is 0 Å². The van der Waals surface area contributed by atoms with Crippen molar-refractivity contribution in [1.82, 2.24) is 5.43 Å². The van der Waals surface area contributed by atoms with Gasteiger partial charge in [0.1, 0.15) is 17.9 Å². The van der Waals surface area contributed by atoms with E-state index < -0.39 is 10.8 Å². The van der Waals surface area contributed by atoms with Gasteiger partial charge in [0, 0.05) is 23.1 Å². The Hall–Kier alpha value is -4.98. The summed E-state index contributed by atoms with van der Waals surface area (Å²) in [6.45, 7) is 0.224. The van der Waals surface area contributed by atoms with Gasteiger partial charge in [-0.15, -0.1) is 0 Å². The van der Waals surface area contributed by atoms with Gasteiger partial charge in [0.15, 0.2) is 5.76 Å². The van der Waals surface area contributed by atoms with Gasteiger partial charge in [-0.25, -0.2) is 5.43 Å². The number of nitrogens with one attached hydrogen (secondary N) is 1. The molecule has 4 aromatic carbocycles. The Morgan fingerprint density at radius 1 is 0.971 bits per heavy atom. The van der Waals surface area contributed by atoms with Gasteiger partial charge in [-0.1, -0.05) is 42.5 Å². The molecule has 0 bridgehead atoms. The fourth-order valence-electron chi connectivity index (χ4n) is 3.71. The van der Waals surface area contributed by atoms with Crippen LogP contribution < -0.4 is 10.2 Å². The van der Waals surface area contributed by atoms with Gasteiger partial charge < -0.3 is 9.15 Å². The normalized spacial score (nSPS) is 11.2. The molecule has 0 spiro atoms. The van der Waals surface area contributed by atoms with Crippen LogP contribution in [-0.4, -0.2) is 17.0 Å².